The van der Waals surface area contributed by atoms with E-state index in [0.29, 0.717) is 0 Å². The first-order valence-corrected chi connectivity index (χ1v) is 7.88. The van der Waals surface area contributed by atoms with Gasteiger partial charge in [-0.3, -0.25) is 10.1 Å². The topological polar surface area (TPSA) is 43.1 Å². The van der Waals surface area contributed by atoms with Gasteiger partial charge in [-0.05, 0) is 6.07 Å². The van der Waals surface area contributed by atoms with Gasteiger partial charge in [-0.25, -0.2) is 4.39 Å². The van der Waals surface area contributed by atoms with Crippen molar-refractivity contribution in [1.82, 2.24) is 0 Å². The molecule has 0 radical (unpaired) electrons. The van der Waals surface area contributed by atoms with Crippen LogP contribution in [0.25, 0.3) is 0 Å². The number of nitro benzene ring substituents is 1. The van der Waals surface area contributed by atoms with Crippen LogP contribution in [0.2, 0.25) is 19.6 Å². The number of halogens is 2. The standard InChI is InChI=1S/C9H11F2NO2Si/c1-15(2,3)9-6(10)4-5-7(8(9)11)12(13)14/h4-5H,1-3H3. The van der Waals surface area contributed by atoms with Gasteiger partial charge in [0.05, 0.1) is 13.0 Å². The molecule has 1 aromatic rings. The van der Waals surface area contributed by atoms with Crippen LogP contribution in [0.3, 0.4) is 0 Å². The quantitative estimate of drug-likeness (QED) is 0.445. The van der Waals surface area contributed by atoms with Gasteiger partial charge in [0, 0.05) is 11.3 Å². The average Bonchev–Trinajstić information content (AvgIpc) is 2.00. The Hall–Kier alpha value is -1.30. The number of hydrogen-bond donors (Lipinski definition) is 0. The smallest absolute Gasteiger partial charge is 0.258 e. The minimum absolute atomic E-state index is 0.114. The lowest BCUT2D eigenvalue weighted by Gasteiger charge is -2.17. The molecule has 0 aliphatic heterocycles. The number of benzene rings is 1. The van der Waals surface area contributed by atoms with Gasteiger partial charge in [0.1, 0.15) is 5.82 Å². The molecule has 0 amide bonds. The summed E-state index contributed by atoms with van der Waals surface area (Å²) in [5.41, 5.74) is -0.658. The molecule has 0 bridgehead atoms. The van der Waals surface area contributed by atoms with Gasteiger partial charge >= 0.3 is 5.69 Å². The van der Waals surface area contributed by atoms with E-state index in [9.17, 15) is 18.9 Å². The second-order valence-corrected chi connectivity index (χ2v) is 9.26. The molecule has 0 heterocycles. The van der Waals surface area contributed by atoms with Gasteiger partial charge in [0.15, 0.2) is 0 Å². The summed E-state index contributed by atoms with van der Waals surface area (Å²) in [6, 6.07) is 1.81. The highest BCUT2D eigenvalue weighted by Crippen LogP contribution is 2.19. The van der Waals surface area contributed by atoms with Crippen molar-refractivity contribution < 1.29 is 13.7 Å². The summed E-state index contributed by atoms with van der Waals surface area (Å²) in [5.74, 6) is -1.73. The fourth-order valence-corrected chi connectivity index (χ4v) is 2.96. The van der Waals surface area contributed by atoms with Crippen LogP contribution in [-0.4, -0.2) is 13.0 Å². The lowest BCUT2D eigenvalue weighted by atomic mass is 10.3. The zero-order valence-electron chi connectivity index (χ0n) is 8.67. The highest BCUT2D eigenvalue weighted by atomic mass is 28.3. The first kappa shape index (κ1) is 11.8. The van der Waals surface area contributed by atoms with E-state index in [1.807, 2.05) is 0 Å². The van der Waals surface area contributed by atoms with E-state index >= 15 is 0 Å². The Kier molecular flexibility index (Phi) is 2.90. The highest BCUT2D eigenvalue weighted by Gasteiger charge is 2.30. The first-order chi connectivity index (χ1) is 6.75. The van der Waals surface area contributed by atoms with Gasteiger partial charge in [-0.1, -0.05) is 19.6 Å². The van der Waals surface area contributed by atoms with Crippen molar-refractivity contribution in [2.24, 2.45) is 0 Å². The molecule has 1 rings (SSSR count). The maximum Gasteiger partial charge on any atom is 0.304 e. The van der Waals surface area contributed by atoms with Gasteiger partial charge < -0.3 is 0 Å². The number of rotatable bonds is 2. The molecule has 0 saturated carbocycles. The van der Waals surface area contributed by atoms with Crippen molar-refractivity contribution in [3.8, 4) is 0 Å². The molecule has 6 heteroatoms. The predicted molar refractivity (Wildman–Crippen MR) is 56.0 cm³/mol. The average molecular weight is 231 g/mol. The molecule has 3 nitrogen and oxygen atoms in total. The van der Waals surface area contributed by atoms with E-state index in [4.69, 9.17) is 0 Å². The van der Waals surface area contributed by atoms with Crippen LogP contribution < -0.4 is 5.19 Å². The Morgan fingerprint density at radius 3 is 2.20 bits per heavy atom. The van der Waals surface area contributed by atoms with Crippen molar-refractivity contribution in [2.75, 3.05) is 0 Å². The Bertz CT molecular complexity index is 415. The van der Waals surface area contributed by atoms with Crippen molar-refractivity contribution in [1.29, 1.82) is 0 Å². The minimum atomic E-state index is -2.25. The molecule has 0 aliphatic carbocycles. The number of nitrogens with zero attached hydrogens (tertiary/aromatic N) is 1. The molecule has 0 saturated heterocycles. The molecule has 0 fully saturated rings. The largest absolute Gasteiger partial charge is 0.304 e. The van der Waals surface area contributed by atoms with E-state index in [2.05, 4.69) is 0 Å². The monoisotopic (exact) mass is 231 g/mol. The summed E-state index contributed by atoms with van der Waals surface area (Å²) in [4.78, 5) is 9.64. The third-order valence-electron chi connectivity index (χ3n) is 2.02. The number of hydrogen-bond acceptors (Lipinski definition) is 2. The van der Waals surface area contributed by atoms with E-state index in [1.165, 1.54) is 0 Å². The van der Waals surface area contributed by atoms with Gasteiger partial charge in [0.25, 0.3) is 0 Å². The molecule has 15 heavy (non-hydrogen) atoms. The van der Waals surface area contributed by atoms with Gasteiger partial charge in [-0.2, -0.15) is 4.39 Å². The van der Waals surface area contributed by atoms with E-state index in [-0.39, 0.29) is 5.19 Å². The molecule has 1 aromatic carbocycles. The Morgan fingerprint density at radius 1 is 1.27 bits per heavy atom. The lowest BCUT2D eigenvalue weighted by molar-refractivity contribution is -0.387. The Morgan fingerprint density at radius 2 is 1.80 bits per heavy atom. The summed E-state index contributed by atoms with van der Waals surface area (Å²) in [6.07, 6.45) is 0. The van der Waals surface area contributed by atoms with Crippen LogP contribution >= 0.6 is 0 Å². The zero-order chi connectivity index (χ0) is 11.8. The van der Waals surface area contributed by atoms with Gasteiger partial charge in [-0.15, -0.1) is 0 Å². The zero-order valence-corrected chi connectivity index (χ0v) is 9.67. The van der Waals surface area contributed by atoms with Crippen molar-refractivity contribution in [2.45, 2.75) is 19.6 Å². The maximum atomic E-state index is 13.6. The SMILES string of the molecule is C[Si](C)(C)c1c(F)ccc([N+](=O)[O-])c1F. The van der Waals surface area contributed by atoms with Crippen molar-refractivity contribution in [3.05, 3.63) is 33.9 Å². The van der Waals surface area contributed by atoms with Crippen LogP contribution in [0.15, 0.2) is 12.1 Å². The molecular weight excluding hydrogens is 220 g/mol. The highest BCUT2D eigenvalue weighted by molar-refractivity contribution is 6.88. The third kappa shape index (κ3) is 2.20. The number of nitro groups is 1. The van der Waals surface area contributed by atoms with Crippen LogP contribution in [0.1, 0.15) is 0 Å². The molecule has 0 unspecified atom stereocenters. The first-order valence-electron chi connectivity index (χ1n) is 4.38. The second kappa shape index (κ2) is 3.69. The molecule has 0 atom stereocenters. The van der Waals surface area contributed by atoms with Crippen molar-refractivity contribution in [3.63, 3.8) is 0 Å². The van der Waals surface area contributed by atoms with Crippen molar-refractivity contribution >= 4 is 18.9 Å². The van der Waals surface area contributed by atoms with E-state index < -0.39 is 30.3 Å². The molecule has 0 spiro atoms. The third-order valence-corrected chi connectivity index (χ3v) is 3.98. The summed E-state index contributed by atoms with van der Waals surface area (Å²) < 4.78 is 27.0. The van der Waals surface area contributed by atoms with Crippen LogP contribution in [0.5, 0.6) is 0 Å². The van der Waals surface area contributed by atoms with E-state index in [0.717, 1.165) is 12.1 Å². The second-order valence-electron chi connectivity index (χ2n) is 4.26. The lowest BCUT2D eigenvalue weighted by Crippen LogP contribution is -2.42. The summed E-state index contributed by atoms with van der Waals surface area (Å²) in [5, 5.41) is 10.4. The summed E-state index contributed by atoms with van der Waals surface area (Å²) >= 11 is 0. The van der Waals surface area contributed by atoms with Crippen LogP contribution in [0, 0.1) is 21.7 Å². The molecular formula is C9H11F2NO2Si. The molecule has 0 aromatic heterocycles. The fourth-order valence-electron chi connectivity index (χ4n) is 1.37. The Labute approximate surface area is 86.9 Å². The summed E-state index contributed by atoms with van der Waals surface area (Å²) in [7, 11) is -2.25. The normalized spacial score (nSPS) is 11.5. The Balaban J connectivity index is 3.51. The molecule has 82 valence electrons. The molecule has 0 aliphatic rings. The summed E-state index contributed by atoms with van der Waals surface area (Å²) in [6.45, 7) is 5.20. The minimum Gasteiger partial charge on any atom is -0.258 e. The van der Waals surface area contributed by atoms with E-state index in [1.54, 1.807) is 19.6 Å². The predicted octanol–water partition coefficient (Wildman–Crippen LogP) is 2.42. The fraction of sp³-hybridized carbons (Fsp3) is 0.333. The van der Waals surface area contributed by atoms with Gasteiger partial charge in [0.2, 0.25) is 5.82 Å². The molecule has 0 N–H and O–H groups in total. The van der Waals surface area contributed by atoms with Crippen LogP contribution in [-0.2, 0) is 0 Å². The van der Waals surface area contributed by atoms with Crippen LogP contribution in [0.4, 0.5) is 14.5 Å². The maximum absolute atomic E-state index is 13.6.